The number of para-hydroxylation sites is 1. The highest BCUT2D eigenvalue weighted by molar-refractivity contribution is 7.89. The summed E-state index contributed by atoms with van der Waals surface area (Å²) in [6.45, 7) is 0. The van der Waals surface area contributed by atoms with Crippen molar-refractivity contribution in [2.75, 3.05) is 12.4 Å². The van der Waals surface area contributed by atoms with Gasteiger partial charge in [0.25, 0.3) is 5.91 Å². The summed E-state index contributed by atoms with van der Waals surface area (Å²) in [5.74, 6) is 1.54. The number of nitrogens with one attached hydrogen (secondary N) is 3. The first-order valence-electron chi connectivity index (χ1n) is 10.5. The normalized spacial score (nSPS) is 16.0. The number of benzene rings is 2. The van der Waals surface area contributed by atoms with Gasteiger partial charge in [0, 0.05) is 23.1 Å². The van der Waals surface area contributed by atoms with E-state index in [1.165, 1.54) is 25.3 Å². The van der Waals surface area contributed by atoms with Crippen molar-refractivity contribution in [2.24, 2.45) is 0 Å². The van der Waals surface area contributed by atoms with Gasteiger partial charge in [-0.05, 0) is 56.0 Å². The number of H-pyrrole nitrogens is 1. The Morgan fingerprint density at radius 1 is 1.12 bits per heavy atom. The highest BCUT2D eigenvalue weighted by Crippen LogP contribution is 2.39. The fraction of sp³-hybridized carbons (Fsp3) is 0.318. The molecule has 1 heterocycles. The van der Waals surface area contributed by atoms with E-state index in [2.05, 4.69) is 25.2 Å². The Bertz CT molecular complexity index is 1280. The van der Waals surface area contributed by atoms with Gasteiger partial charge in [0.1, 0.15) is 16.5 Å². The zero-order valence-electron chi connectivity index (χ0n) is 17.5. The number of hydrogen-bond acceptors (Lipinski definition) is 6. The van der Waals surface area contributed by atoms with Crippen LogP contribution in [0.5, 0.6) is 5.75 Å². The quantitative estimate of drug-likeness (QED) is 0.481. The summed E-state index contributed by atoms with van der Waals surface area (Å²) in [7, 11) is -2.40. The summed E-state index contributed by atoms with van der Waals surface area (Å²) in [4.78, 5) is 17.5. The maximum atomic E-state index is 13.0. The SMILES string of the molecule is COc1ccc(C(=O)Nc2ccccc2-c2n[nH]c(C3CC3)n2)cc1S(=O)(=O)NC1CC1. The molecule has 32 heavy (non-hydrogen) atoms. The molecule has 10 heteroatoms. The Morgan fingerprint density at radius 2 is 1.91 bits per heavy atom. The van der Waals surface area contributed by atoms with E-state index < -0.39 is 15.9 Å². The molecule has 166 valence electrons. The molecule has 0 atom stereocenters. The van der Waals surface area contributed by atoms with E-state index in [1.54, 1.807) is 12.1 Å². The molecule has 1 aromatic heterocycles. The van der Waals surface area contributed by atoms with Gasteiger partial charge < -0.3 is 10.1 Å². The Morgan fingerprint density at radius 3 is 2.62 bits per heavy atom. The number of methoxy groups -OCH3 is 1. The second kappa shape index (κ2) is 8.03. The van der Waals surface area contributed by atoms with Crippen molar-refractivity contribution in [1.82, 2.24) is 19.9 Å². The van der Waals surface area contributed by atoms with Gasteiger partial charge in [-0.15, -0.1) is 0 Å². The third-order valence-corrected chi connectivity index (χ3v) is 7.04. The Kier molecular flexibility index (Phi) is 5.18. The van der Waals surface area contributed by atoms with Crippen molar-refractivity contribution in [3.05, 3.63) is 53.9 Å². The lowest BCUT2D eigenvalue weighted by molar-refractivity contribution is 0.102. The van der Waals surface area contributed by atoms with Crippen molar-refractivity contribution in [1.29, 1.82) is 0 Å². The summed E-state index contributed by atoms with van der Waals surface area (Å²) >= 11 is 0. The lowest BCUT2D eigenvalue weighted by Crippen LogP contribution is -2.26. The van der Waals surface area contributed by atoms with Gasteiger partial charge in [-0.1, -0.05) is 12.1 Å². The largest absolute Gasteiger partial charge is 0.495 e. The van der Waals surface area contributed by atoms with Gasteiger partial charge in [0.05, 0.1) is 12.8 Å². The molecule has 2 saturated carbocycles. The lowest BCUT2D eigenvalue weighted by atomic mass is 10.1. The number of amides is 1. The van der Waals surface area contributed by atoms with Crippen LogP contribution in [-0.4, -0.2) is 42.7 Å². The summed E-state index contributed by atoms with van der Waals surface area (Å²) in [5, 5.41) is 10.1. The first-order chi connectivity index (χ1) is 15.4. The summed E-state index contributed by atoms with van der Waals surface area (Å²) in [6.07, 6.45) is 3.82. The predicted octanol–water partition coefficient (Wildman–Crippen LogP) is 3.05. The number of aromatic nitrogens is 3. The first kappa shape index (κ1) is 20.7. The Labute approximate surface area is 185 Å². The third kappa shape index (κ3) is 4.23. The molecule has 5 rings (SSSR count). The molecule has 3 aromatic rings. The van der Waals surface area contributed by atoms with Crippen molar-refractivity contribution in [2.45, 2.75) is 42.5 Å². The molecule has 0 bridgehead atoms. The van der Waals surface area contributed by atoms with Gasteiger partial charge in [0.15, 0.2) is 5.82 Å². The highest BCUT2D eigenvalue weighted by Gasteiger charge is 2.31. The van der Waals surface area contributed by atoms with Crippen LogP contribution >= 0.6 is 0 Å². The van der Waals surface area contributed by atoms with Crippen molar-refractivity contribution in [3.63, 3.8) is 0 Å². The molecule has 2 aromatic carbocycles. The lowest BCUT2D eigenvalue weighted by Gasteiger charge is -2.13. The fourth-order valence-electron chi connectivity index (χ4n) is 3.43. The van der Waals surface area contributed by atoms with Gasteiger partial charge in [-0.2, -0.15) is 5.10 Å². The van der Waals surface area contributed by atoms with Gasteiger partial charge in [-0.25, -0.2) is 18.1 Å². The molecule has 2 aliphatic rings. The van der Waals surface area contributed by atoms with Crippen LogP contribution < -0.4 is 14.8 Å². The second-order valence-electron chi connectivity index (χ2n) is 8.08. The monoisotopic (exact) mass is 453 g/mol. The predicted molar refractivity (Wildman–Crippen MR) is 118 cm³/mol. The molecule has 0 spiro atoms. The highest BCUT2D eigenvalue weighted by atomic mass is 32.2. The van der Waals surface area contributed by atoms with Crippen LogP contribution in [0.25, 0.3) is 11.4 Å². The molecular formula is C22H23N5O4S. The van der Waals surface area contributed by atoms with Crippen molar-refractivity contribution in [3.8, 4) is 17.1 Å². The number of anilines is 1. The molecule has 0 radical (unpaired) electrons. The summed E-state index contributed by atoms with van der Waals surface area (Å²) in [6, 6.07) is 11.5. The van der Waals surface area contributed by atoms with E-state index in [9.17, 15) is 13.2 Å². The second-order valence-corrected chi connectivity index (χ2v) is 9.76. The van der Waals surface area contributed by atoms with Crippen LogP contribution in [0.3, 0.4) is 0 Å². The zero-order valence-corrected chi connectivity index (χ0v) is 18.3. The molecule has 0 unspecified atom stereocenters. The molecule has 2 aliphatic carbocycles. The van der Waals surface area contributed by atoms with E-state index >= 15 is 0 Å². The molecule has 0 saturated heterocycles. The summed E-state index contributed by atoms with van der Waals surface area (Å²) < 4.78 is 33.4. The Hall–Kier alpha value is -3.24. The molecular weight excluding hydrogens is 430 g/mol. The maximum Gasteiger partial charge on any atom is 0.255 e. The fourth-order valence-corrected chi connectivity index (χ4v) is 4.93. The summed E-state index contributed by atoms with van der Waals surface area (Å²) in [5.41, 5.74) is 1.42. The van der Waals surface area contributed by atoms with Crippen LogP contribution in [0, 0.1) is 0 Å². The van der Waals surface area contributed by atoms with E-state index in [0.29, 0.717) is 23.0 Å². The standard InChI is InChI=1S/C22H23N5O4S/c1-31-18-11-8-14(12-19(18)32(29,30)27-15-9-10-15)22(28)23-17-5-3-2-4-16(17)21-24-20(25-26-21)13-6-7-13/h2-5,8,11-13,15,27H,6-7,9-10H2,1H3,(H,23,28)(H,24,25,26). The van der Waals surface area contributed by atoms with E-state index in [1.807, 2.05) is 12.1 Å². The number of rotatable bonds is 8. The minimum Gasteiger partial charge on any atom is -0.495 e. The van der Waals surface area contributed by atoms with E-state index in [4.69, 9.17) is 4.74 Å². The van der Waals surface area contributed by atoms with Crippen molar-refractivity contribution >= 4 is 21.6 Å². The minimum absolute atomic E-state index is 0.0593. The smallest absolute Gasteiger partial charge is 0.255 e. The number of aromatic amines is 1. The van der Waals surface area contributed by atoms with Gasteiger partial charge >= 0.3 is 0 Å². The van der Waals surface area contributed by atoms with Crippen LogP contribution in [0.1, 0.15) is 47.8 Å². The van der Waals surface area contributed by atoms with E-state index in [-0.39, 0.29) is 22.3 Å². The number of ether oxygens (including phenoxy) is 1. The minimum atomic E-state index is -3.80. The average Bonchev–Trinajstić information content (AvgIpc) is 3.73. The Balaban J connectivity index is 1.42. The van der Waals surface area contributed by atoms with Crippen LogP contribution in [0.15, 0.2) is 47.4 Å². The van der Waals surface area contributed by atoms with E-state index in [0.717, 1.165) is 31.5 Å². The molecule has 1 amide bonds. The molecule has 2 fully saturated rings. The first-order valence-corrected chi connectivity index (χ1v) is 12.0. The topological polar surface area (TPSA) is 126 Å². The number of carbonyl (C=O) groups excluding carboxylic acids is 1. The number of hydrogen-bond donors (Lipinski definition) is 3. The van der Waals surface area contributed by atoms with Crippen LogP contribution in [0.4, 0.5) is 5.69 Å². The van der Waals surface area contributed by atoms with Gasteiger partial charge in [0.2, 0.25) is 10.0 Å². The average molecular weight is 454 g/mol. The van der Waals surface area contributed by atoms with Crippen LogP contribution in [0.2, 0.25) is 0 Å². The van der Waals surface area contributed by atoms with Crippen LogP contribution in [-0.2, 0) is 10.0 Å². The molecule has 3 N–H and O–H groups in total. The molecule has 9 nitrogen and oxygen atoms in total. The number of carbonyl (C=O) groups is 1. The third-order valence-electron chi connectivity index (χ3n) is 5.50. The maximum absolute atomic E-state index is 13.0. The molecule has 0 aliphatic heterocycles. The number of nitrogens with zero attached hydrogens (tertiary/aromatic N) is 2. The zero-order chi connectivity index (χ0) is 22.3. The van der Waals surface area contributed by atoms with Crippen molar-refractivity contribution < 1.29 is 17.9 Å². The van der Waals surface area contributed by atoms with Gasteiger partial charge in [-0.3, -0.25) is 9.89 Å². The number of sulfonamides is 1.